The van der Waals surface area contributed by atoms with Gasteiger partial charge in [-0.05, 0) is 27.2 Å². The van der Waals surface area contributed by atoms with E-state index in [1.807, 2.05) is 11.6 Å². The van der Waals surface area contributed by atoms with Gasteiger partial charge < -0.3 is 11.1 Å². The largest absolute Gasteiger partial charge is 0.394 e. The van der Waals surface area contributed by atoms with E-state index in [4.69, 9.17) is 5.73 Å². The van der Waals surface area contributed by atoms with Gasteiger partial charge in [0.25, 0.3) is 0 Å². The Labute approximate surface area is 105 Å². The molecule has 0 bridgehead atoms. The molecule has 0 aliphatic rings. The first-order valence-electron chi connectivity index (χ1n) is 6.66. The molecule has 0 aliphatic heterocycles. The van der Waals surface area contributed by atoms with Gasteiger partial charge in [0.05, 0.1) is 11.4 Å². The summed E-state index contributed by atoms with van der Waals surface area (Å²) in [6.07, 6.45) is 5.04. The van der Waals surface area contributed by atoms with E-state index in [2.05, 4.69) is 31.2 Å². The maximum atomic E-state index is 6.04. The lowest BCUT2D eigenvalue weighted by Crippen LogP contribution is -2.12. The van der Waals surface area contributed by atoms with Crippen molar-refractivity contribution < 1.29 is 0 Å². The van der Waals surface area contributed by atoms with Crippen LogP contribution in [-0.4, -0.2) is 16.3 Å². The van der Waals surface area contributed by atoms with Crippen LogP contribution in [0.4, 0.5) is 11.5 Å². The van der Waals surface area contributed by atoms with Crippen LogP contribution in [0, 0.1) is 6.92 Å². The van der Waals surface area contributed by atoms with E-state index in [-0.39, 0.29) is 0 Å². The van der Waals surface area contributed by atoms with E-state index in [0.29, 0.717) is 6.04 Å². The second-order valence-electron chi connectivity index (χ2n) is 4.87. The van der Waals surface area contributed by atoms with E-state index in [9.17, 15) is 0 Å². The second-order valence-corrected chi connectivity index (χ2v) is 4.87. The van der Waals surface area contributed by atoms with Crippen LogP contribution in [-0.2, 0) is 0 Å². The van der Waals surface area contributed by atoms with Crippen molar-refractivity contribution in [2.45, 2.75) is 59.4 Å². The van der Waals surface area contributed by atoms with E-state index in [0.717, 1.165) is 23.7 Å². The average molecular weight is 238 g/mol. The second kappa shape index (κ2) is 6.52. The normalized spacial score (nSPS) is 11.1. The number of anilines is 2. The van der Waals surface area contributed by atoms with Crippen LogP contribution in [0.3, 0.4) is 0 Å². The first-order valence-corrected chi connectivity index (χ1v) is 6.66. The smallest absolute Gasteiger partial charge is 0.148 e. The SMILES string of the molecule is CCCCCCNc1c(N)c(C)nn1C(C)C. The van der Waals surface area contributed by atoms with Gasteiger partial charge in [0.1, 0.15) is 5.82 Å². The predicted octanol–water partition coefficient (Wildman–Crippen LogP) is 3.35. The molecule has 98 valence electrons. The Balaban J connectivity index is 2.57. The topological polar surface area (TPSA) is 55.9 Å². The number of nitrogens with two attached hydrogens (primary N) is 1. The molecule has 1 rings (SSSR count). The Bertz CT molecular complexity index is 341. The zero-order valence-electron chi connectivity index (χ0n) is 11.6. The van der Waals surface area contributed by atoms with Crippen molar-refractivity contribution in [3.05, 3.63) is 5.69 Å². The zero-order valence-corrected chi connectivity index (χ0v) is 11.6. The van der Waals surface area contributed by atoms with Crippen LogP contribution >= 0.6 is 0 Å². The molecule has 0 aromatic carbocycles. The standard InChI is InChI=1S/C13H26N4/c1-5-6-7-8-9-15-13-12(14)11(4)16-17(13)10(2)3/h10,15H,5-9,14H2,1-4H3. The quantitative estimate of drug-likeness (QED) is 0.716. The molecule has 0 spiro atoms. The minimum Gasteiger partial charge on any atom is -0.394 e. The summed E-state index contributed by atoms with van der Waals surface area (Å²) < 4.78 is 1.98. The number of hydrogen-bond acceptors (Lipinski definition) is 3. The molecule has 4 heteroatoms. The van der Waals surface area contributed by atoms with Crippen LogP contribution in [0.2, 0.25) is 0 Å². The zero-order chi connectivity index (χ0) is 12.8. The molecule has 0 aliphatic carbocycles. The summed E-state index contributed by atoms with van der Waals surface area (Å²) in [6, 6.07) is 0.337. The Morgan fingerprint density at radius 1 is 1.29 bits per heavy atom. The molecule has 0 fully saturated rings. The molecular formula is C13H26N4. The summed E-state index contributed by atoms with van der Waals surface area (Å²) >= 11 is 0. The molecule has 4 nitrogen and oxygen atoms in total. The first kappa shape index (κ1) is 13.9. The van der Waals surface area contributed by atoms with Gasteiger partial charge in [-0.25, -0.2) is 4.68 Å². The van der Waals surface area contributed by atoms with E-state index in [1.165, 1.54) is 25.7 Å². The molecule has 3 N–H and O–H groups in total. The molecule has 0 saturated heterocycles. The molecule has 0 amide bonds. The number of nitrogens with zero attached hydrogens (tertiary/aromatic N) is 2. The van der Waals surface area contributed by atoms with Gasteiger partial charge in [-0.15, -0.1) is 0 Å². The van der Waals surface area contributed by atoms with Gasteiger partial charge in [0, 0.05) is 12.6 Å². The van der Waals surface area contributed by atoms with Gasteiger partial charge in [0.2, 0.25) is 0 Å². The highest BCUT2D eigenvalue weighted by molar-refractivity contribution is 5.64. The van der Waals surface area contributed by atoms with Crippen molar-refractivity contribution in [2.75, 3.05) is 17.6 Å². The number of hydrogen-bond donors (Lipinski definition) is 2. The molecule has 1 aromatic rings. The predicted molar refractivity (Wildman–Crippen MR) is 74.4 cm³/mol. The van der Waals surface area contributed by atoms with Crippen molar-refractivity contribution in [3.8, 4) is 0 Å². The van der Waals surface area contributed by atoms with Crippen molar-refractivity contribution in [2.24, 2.45) is 0 Å². The summed E-state index contributed by atoms with van der Waals surface area (Å²) in [6.45, 7) is 9.39. The molecule has 0 radical (unpaired) electrons. The van der Waals surface area contributed by atoms with Crippen molar-refractivity contribution in [1.82, 2.24) is 9.78 Å². The van der Waals surface area contributed by atoms with Crippen LogP contribution in [0.25, 0.3) is 0 Å². The highest BCUT2D eigenvalue weighted by atomic mass is 15.4. The minimum atomic E-state index is 0.337. The van der Waals surface area contributed by atoms with Crippen LogP contribution in [0.1, 0.15) is 58.2 Å². The van der Waals surface area contributed by atoms with E-state index >= 15 is 0 Å². The molecule has 0 unspecified atom stereocenters. The third-order valence-electron chi connectivity index (χ3n) is 2.94. The lowest BCUT2D eigenvalue weighted by molar-refractivity contribution is 0.533. The molecule has 1 aromatic heterocycles. The van der Waals surface area contributed by atoms with Gasteiger partial charge >= 0.3 is 0 Å². The average Bonchev–Trinajstić information content (AvgIpc) is 2.57. The van der Waals surface area contributed by atoms with Crippen LogP contribution < -0.4 is 11.1 Å². The molecule has 17 heavy (non-hydrogen) atoms. The van der Waals surface area contributed by atoms with E-state index < -0.39 is 0 Å². The summed E-state index contributed by atoms with van der Waals surface area (Å²) in [5.41, 5.74) is 7.73. The first-order chi connectivity index (χ1) is 8.07. The maximum absolute atomic E-state index is 6.04. The fourth-order valence-electron chi connectivity index (χ4n) is 1.87. The minimum absolute atomic E-state index is 0.337. The number of aromatic nitrogens is 2. The Kier molecular flexibility index (Phi) is 5.32. The Morgan fingerprint density at radius 2 is 2.00 bits per heavy atom. The number of unbranched alkanes of at least 4 members (excludes halogenated alkanes) is 3. The number of aryl methyl sites for hydroxylation is 1. The molecule has 0 atom stereocenters. The third-order valence-corrected chi connectivity index (χ3v) is 2.94. The van der Waals surface area contributed by atoms with Gasteiger partial charge in [-0.3, -0.25) is 0 Å². The van der Waals surface area contributed by atoms with Crippen molar-refractivity contribution in [1.29, 1.82) is 0 Å². The fraction of sp³-hybridized carbons (Fsp3) is 0.769. The fourth-order valence-corrected chi connectivity index (χ4v) is 1.87. The number of nitrogens with one attached hydrogen (secondary N) is 1. The van der Waals surface area contributed by atoms with Crippen LogP contribution in [0.5, 0.6) is 0 Å². The highest BCUT2D eigenvalue weighted by Crippen LogP contribution is 2.25. The Morgan fingerprint density at radius 3 is 2.59 bits per heavy atom. The van der Waals surface area contributed by atoms with Gasteiger partial charge in [-0.1, -0.05) is 26.2 Å². The monoisotopic (exact) mass is 238 g/mol. The maximum Gasteiger partial charge on any atom is 0.148 e. The molecular weight excluding hydrogens is 212 g/mol. The van der Waals surface area contributed by atoms with Crippen molar-refractivity contribution >= 4 is 11.5 Å². The van der Waals surface area contributed by atoms with Crippen molar-refractivity contribution in [3.63, 3.8) is 0 Å². The molecule has 1 heterocycles. The lowest BCUT2D eigenvalue weighted by atomic mass is 10.2. The molecule has 0 saturated carbocycles. The number of nitrogen functional groups attached to an aromatic ring is 1. The summed E-state index contributed by atoms with van der Waals surface area (Å²) in [5, 5.41) is 7.87. The highest BCUT2D eigenvalue weighted by Gasteiger charge is 2.13. The Hall–Kier alpha value is -1.19. The summed E-state index contributed by atoms with van der Waals surface area (Å²) in [7, 11) is 0. The summed E-state index contributed by atoms with van der Waals surface area (Å²) in [5.74, 6) is 0.981. The lowest BCUT2D eigenvalue weighted by Gasteiger charge is -2.13. The van der Waals surface area contributed by atoms with Crippen LogP contribution in [0.15, 0.2) is 0 Å². The van der Waals surface area contributed by atoms with E-state index in [1.54, 1.807) is 0 Å². The summed E-state index contributed by atoms with van der Waals surface area (Å²) in [4.78, 5) is 0. The third kappa shape index (κ3) is 3.65. The number of rotatable bonds is 7. The van der Waals surface area contributed by atoms with Gasteiger partial charge in [-0.2, -0.15) is 5.10 Å². The van der Waals surface area contributed by atoms with Gasteiger partial charge in [0.15, 0.2) is 0 Å².